The van der Waals surface area contributed by atoms with Crippen molar-refractivity contribution in [3.63, 3.8) is 0 Å². The zero-order valence-electron chi connectivity index (χ0n) is 15.9. The van der Waals surface area contributed by atoms with Crippen LogP contribution >= 0.6 is 23.1 Å². The molecule has 0 saturated heterocycles. The summed E-state index contributed by atoms with van der Waals surface area (Å²) in [5, 5.41) is 18.8. The molecule has 1 N–H and O–H groups in total. The Morgan fingerprint density at radius 1 is 1.36 bits per heavy atom. The Balaban J connectivity index is 1.68. The van der Waals surface area contributed by atoms with Crippen LogP contribution in [0.1, 0.15) is 53.4 Å². The number of carbonyl (C=O) groups excluding carboxylic acids is 2. The number of esters is 1. The van der Waals surface area contributed by atoms with Gasteiger partial charge in [0.2, 0.25) is 5.91 Å². The second kappa shape index (κ2) is 9.42. The number of thioether (sulfide) groups is 1. The number of fused-ring (bicyclic) bond motifs is 1. The van der Waals surface area contributed by atoms with Gasteiger partial charge in [-0.2, -0.15) is 0 Å². The molecule has 1 aliphatic carbocycles. The summed E-state index contributed by atoms with van der Waals surface area (Å²) >= 11 is 2.69. The van der Waals surface area contributed by atoms with Crippen molar-refractivity contribution < 1.29 is 28.6 Å². The number of anilines is 1. The highest BCUT2D eigenvalue weighted by molar-refractivity contribution is 7.99. The Morgan fingerprint density at radius 2 is 2.14 bits per heavy atom. The zero-order valence-corrected chi connectivity index (χ0v) is 17.5. The monoisotopic (exact) mass is 425 g/mol. The van der Waals surface area contributed by atoms with Gasteiger partial charge in [0, 0.05) is 17.1 Å². The lowest BCUT2D eigenvalue weighted by molar-refractivity contribution is -0.772. The first-order chi connectivity index (χ1) is 13.5. The van der Waals surface area contributed by atoms with E-state index in [-0.39, 0.29) is 18.3 Å². The highest BCUT2D eigenvalue weighted by atomic mass is 32.2. The minimum absolute atomic E-state index is 0.195. The topological polar surface area (TPSA) is 108 Å². The van der Waals surface area contributed by atoms with Gasteiger partial charge in [0.1, 0.15) is 5.00 Å². The van der Waals surface area contributed by atoms with Gasteiger partial charge in [-0.15, -0.1) is 11.3 Å². The fourth-order valence-electron chi connectivity index (χ4n) is 3.14. The summed E-state index contributed by atoms with van der Waals surface area (Å²) in [7, 11) is 1.61. The smallest absolute Gasteiger partial charge is 0.341 e. The number of rotatable bonds is 7. The second-order valence-corrected chi connectivity index (χ2v) is 8.61. The lowest BCUT2D eigenvalue weighted by Crippen LogP contribution is -2.32. The summed E-state index contributed by atoms with van der Waals surface area (Å²) in [5.41, 5.74) is 1.54. The number of hydrogen-bond acceptors (Lipinski definition) is 8. The van der Waals surface area contributed by atoms with Crippen LogP contribution in [0.3, 0.4) is 0 Å². The maximum atomic E-state index is 12.5. The average Bonchev–Trinajstić information content (AvgIpc) is 3.05. The first-order valence-electron chi connectivity index (χ1n) is 9.28. The van der Waals surface area contributed by atoms with Gasteiger partial charge in [-0.3, -0.25) is 4.79 Å². The minimum Gasteiger partial charge on any atom is -0.538 e. The molecule has 3 rings (SSSR count). The maximum Gasteiger partial charge on any atom is 0.341 e. The van der Waals surface area contributed by atoms with Crippen LogP contribution in [-0.4, -0.2) is 29.5 Å². The van der Waals surface area contributed by atoms with E-state index in [2.05, 4.69) is 15.1 Å². The number of aromatic nitrogens is 2. The summed E-state index contributed by atoms with van der Waals surface area (Å²) in [5.74, 6) is -0.699. The maximum absolute atomic E-state index is 12.5. The van der Waals surface area contributed by atoms with Gasteiger partial charge >= 0.3 is 5.97 Å². The van der Waals surface area contributed by atoms with Crippen LogP contribution in [0, 0.1) is 0 Å². The second-order valence-electron chi connectivity index (χ2n) is 6.42. The van der Waals surface area contributed by atoms with Gasteiger partial charge in [-0.1, -0.05) is 22.9 Å². The number of amides is 1. The quantitative estimate of drug-likeness (QED) is 0.313. The standard InChI is InChI=1S/C18H23N3O5S2/c1-3-25-17(23)14-11-7-5-4-6-8-12(11)28-15(14)19-13(22)9-10-27-16-18(24)26-20-21(16)2/h3-10H2,1-2H3,(H-,19,20,22,23,24). The SMILES string of the molecule is CCOC(=O)c1c(NC(=O)CCSc2c([O-])on[n+]2C)sc2c1CCCCC2. The molecule has 152 valence electrons. The molecule has 0 atom stereocenters. The molecule has 8 nitrogen and oxygen atoms in total. The molecular weight excluding hydrogens is 402 g/mol. The van der Waals surface area contributed by atoms with Crippen molar-refractivity contribution in [2.75, 3.05) is 17.7 Å². The van der Waals surface area contributed by atoms with Crippen molar-refractivity contribution >= 4 is 40.0 Å². The third-order valence-corrected chi connectivity index (χ3v) is 6.76. The van der Waals surface area contributed by atoms with Gasteiger partial charge in [-0.25, -0.2) is 4.79 Å². The van der Waals surface area contributed by atoms with Gasteiger partial charge in [0.05, 0.1) is 17.4 Å². The molecule has 0 spiro atoms. The van der Waals surface area contributed by atoms with E-state index in [9.17, 15) is 14.7 Å². The van der Waals surface area contributed by atoms with Gasteiger partial charge in [0.25, 0.3) is 5.03 Å². The van der Waals surface area contributed by atoms with Crippen LogP contribution in [0.5, 0.6) is 5.95 Å². The van der Waals surface area contributed by atoms with Crippen LogP contribution < -0.4 is 15.1 Å². The summed E-state index contributed by atoms with van der Waals surface area (Å²) < 4.78 is 11.1. The summed E-state index contributed by atoms with van der Waals surface area (Å²) in [4.78, 5) is 26.1. The molecule has 0 aromatic carbocycles. The van der Waals surface area contributed by atoms with E-state index in [1.165, 1.54) is 27.8 Å². The van der Waals surface area contributed by atoms with Gasteiger partial charge in [-0.05, 0) is 38.2 Å². The van der Waals surface area contributed by atoms with Crippen molar-refractivity contribution in [2.24, 2.45) is 7.05 Å². The van der Waals surface area contributed by atoms with E-state index >= 15 is 0 Å². The average molecular weight is 426 g/mol. The first kappa shape index (κ1) is 20.7. The molecular formula is C18H23N3O5S2. The van der Waals surface area contributed by atoms with Crippen molar-refractivity contribution in [2.45, 2.75) is 50.5 Å². The van der Waals surface area contributed by atoms with E-state index in [0.717, 1.165) is 42.5 Å². The normalized spacial score (nSPS) is 13.6. The van der Waals surface area contributed by atoms with Crippen molar-refractivity contribution in [3.8, 4) is 5.95 Å². The number of ether oxygens (including phenoxy) is 1. The third-order valence-electron chi connectivity index (χ3n) is 4.44. The fraction of sp³-hybridized carbons (Fsp3) is 0.556. The number of nitrogens with one attached hydrogen (secondary N) is 1. The highest BCUT2D eigenvalue weighted by Crippen LogP contribution is 2.38. The van der Waals surface area contributed by atoms with Crippen molar-refractivity contribution in [3.05, 3.63) is 16.0 Å². The molecule has 10 heteroatoms. The van der Waals surface area contributed by atoms with Crippen LogP contribution in [0.4, 0.5) is 5.00 Å². The van der Waals surface area contributed by atoms with E-state index in [0.29, 0.717) is 28.0 Å². The summed E-state index contributed by atoms with van der Waals surface area (Å²) in [6.45, 7) is 2.06. The largest absolute Gasteiger partial charge is 0.538 e. The zero-order chi connectivity index (χ0) is 20.1. The van der Waals surface area contributed by atoms with E-state index in [1.54, 1.807) is 14.0 Å². The predicted molar refractivity (Wildman–Crippen MR) is 103 cm³/mol. The number of thiophene rings is 1. The summed E-state index contributed by atoms with van der Waals surface area (Å²) in [6.07, 6.45) is 5.22. The molecule has 0 aliphatic heterocycles. The van der Waals surface area contributed by atoms with Crippen LogP contribution in [0.15, 0.2) is 9.55 Å². The molecule has 2 aromatic heterocycles. The Hall–Kier alpha value is -2.07. The molecule has 2 heterocycles. The summed E-state index contributed by atoms with van der Waals surface area (Å²) in [6, 6.07) is 0. The van der Waals surface area contributed by atoms with Gasteiger partial charge in [0.15, 0.2) is 13.0 Å². The van der Waals surface area contributed by atoms with E-state index in [4.69, 9.17) is 4.74 Å². The lowest BCUT2D eigenvalue weighted by atomic mass is 10.1. The van der Waals surface area contributed by atoms with Crippen LogP contribution in [-0.2, 0) is 29.4 Å². The third kappa shape index (κ3) is 4.67. The molecule has 0 unspecified atom stereocenters. The molecule has 1 amide bonds. The number of nitrogens with zero attached hydrogens (tertiary/aromatic N) is 2. The van der Waals surface area contributed by atoms with Crippen LogP contribution in [0.25, 0.3) is 0 Å². The molecule has 0 saturated carbocycles. The lowest BCUT2D eigenvalue weighted by Gasteiger charge is -2.08. The fourth-order valence-corrected chi connectivity index (χ4v) is 5.29. The Bertz CT molecular complexity index is 842. The highest BCUT2D eigenvalue weighted by Gasteiger charge is 2.26. The van der Waals surface area contributed by atoms with E-state index in [1.807, 2.05) is 0 Å². The van der Waals surface area contributed by atoms with Crippen molar-refractivity contribution in [1.29, 1.82) is 0 Å². The molecule has 0 fully saturated rings. The number of hydrogen-bond donors (Lipinski definition) is 1. The van der Waals surface area contributed by atoms with Crippen LogP contribution in [0.2, 0.25) is 0 Å². The Labute approximate surface area is 171 Å². The molecule has 2 aromatic rings. The molecule has 28 heavy (non-hydrogen) atoms. The number of carbonyl (C=O) groups is 2. The Morgan fingerprint density at radius 3 is 2.86 bits per heavy atom. The molecule has 0 radical (unpaired) electrons. The van der Waals surface area contributed by atoms with E-state index < -0.39 is 5.95 Å². The Kier molecular flexibility index (Phi) is 6.95. The molecule has 0 bridgehead atoms. The van der Waals surface area contributed by atoms with Crippen molar-refractivity contribution in [1.82, 2.24) is 5.27 Å². The first-order valence-corrected chi connectivity index (χ1v) is 11.1. The number of aryl methyl sites for hydroxylation is 2. The predicted octanol–water partition coefficient (Wildman–Crippen LogP) is 2.20. The van der Waals surface area contributed by atoms with Gasteiger partial charge < -0.3 is 19.7 Å². The molecule has 1 aliphatic rings. The minimum atomic E-state index is -0.514.